The maximum absolute atomic E-state index is 13.0. The Morgan fingerprint density at radius 3 is 2.50 bits per heavy atom. The van der Waals surface area contributed by atoms with E-state index in [2.05, 4.69) is 18.3 Å². The molecule has 0 spiro atoms. The zero-order valence-corrected chi connectivity index (χ0v) is 17.6. The number of carbonyl (C=O) groups is 2. The number of fused-ring (bicyclic) bond motifs is 1. The fourth-order valence-corrected chi connectivity index (χ4v) is 5.86. The van der Waals surface area contributed by atoms with Gasteiger partial charge in [-0.05, 0) is 57.4 Å². The number of allylic oxidation sites excluding steroid dienone is 2. The zero-order chi connectivity index (χ0) is 20.4. The SMILES string of the molecule is CCC[C@@H]1CCc2c(sc(NC(=O)[C@H]3CC(C)=C(C)C[C@@H]3C(=O)O)c2C#N)C1. The van der Waals surface area contributed by atoms with Crippen LogP contribution in [0.5, 0.6) is 0 Å². The lowest BCUT2D eigenvalue weighted by Crippen LogP contribution is -2.36. The van der Waals surface area contributed by atoms with Crippen molar-refractivity contribution in [3.05, 3.63) is 27.2 Å². The largest absolute Gasteiger partial charge is 0.481 e. The van der Waals surface area contributed by atoms with Crippen LogP contribution in [0, 0.1) is 29.1 Å². The third kappa shape index (κ3) is 4.00. The van der Waals surface area contributed by atoms with E-state index in [0.29, 0.717) is 29.3 Å². The van der Waals surface area contributed by atoms with E-state index >= 15 is 0 Å². The Hall–Kier alpha value is -2.13. The molecule has 0 unspecified atom stereocenters. The van der Waals surface area contributed by atoms with Crippen LogP contribution in [0.15, 0.2) is 11.1 Å². The standard InChI is InChI=1S/C22H28N2O3S/c1-4-5-14-6-7-15-18(11-23)21(28-19(15)10-14)24-20(25)16-8-12(2)13(3)9-17(16)22(26)27/h14,16-17H,4-10H2,1-3H3,(H,24,25)(H,26,27)/t14-,16+,17+/m1/s1. The highest BCUT2D eigenvalue weighted by atomic mass is 32.1. The molecule has 0 fully saturated rings. The molecule has 0 saturated carbocycles. The summed E-state index contributed by atoms with van der Waals surface area (Å²) in [5.74, 6) is -1.87. The first kappa shape index (κ1) is 20.6. The van der Waals surface area contributed by atoms with Crippen molar-refractivity contribution in [2.45, 2.75) is 65.7 Å². The van der Waals surface area contributed by atoms with Crippen LogP contribution in [0.3, 0.4) is 0 Å². The van der Waals surface area contributed by atoms with Gasteiger partial charge in [-0.25, -0.2) is 0 Å². The predicted molar refractivity (Wildman–Crippen MR) is 110 cm³/mol. The van der Waals surface area contributed by atoms with Gasteiger partial charge in [0.2, 0.25) is 5.91 Å². The number of carboxylic acid groups (broad SMARTS) is 1. The van der Waals surface area contributed by atoms with Crippen LogP contribution in [0.25, 0.3) is 0 Å². The number of hydrogen-bond acceptors (Lipinski definition) is 4. The molecule has 0 aromatic carbocycles. The smallest absolute Gasteiger partial charge is 0.307 e. The van der Waals surface area contributed by atoms with Gasteiger partial charge in [0.1, 0.15) is 11.1 Å². The number of carbonyl (C=O) groups excluding carboxylic acids is 1. The fourth-order valence-electron chi connectivity index (χ4n) is 4.55. The topological polar surface area (TPSA) is 90.2 Å². The van der Waals surface area contributed by atoms with Crippen molar-refractivity contribution >= 4 is 28.2 Å². The summed E-state index contributed by atoms with van der Waals surface area (Å²) in [6.45, 7) is 6.09. The van der Waals surface area contributed by atoms with Crippen molar-refractivity contribution in [1.29, 1.82) is 5.26 Å². The molecule has 5 nitrogen and oxygen atoms in total. The van der Waals surface area contributed by atoms with E-state index in [1.54, 1.807) is 0 Å². The molecule has 1 heterocycles. The van der Waals surface area contributed by atoms with E-state index in [1.807, 2.05) is 13.8 Å². The average molecular weight is 401 g/mol. The molecule has 0 radical (unpaired) electrons. The van der Waals surface area contributed by atoms with Gasteiger partial charge in [-0.1, -0.05) is 30.9 Å². The van der Waals surface area contributed by atoms with Crippen molar-refractivity contribution in [1.82, 2.24) is 0 Å². The van der Waals surface area contributed by atoms with E-state index in [0.717, 1.165) is 42.4 Å². The molecule has 3 atom stereocenters. The predicted octanol–water partition coefficient (Wildman–Crippen LogP) is 4.91. The van der Waals surface area contributed by atoms with Crippen molar-refractivity contribution in [2.75, 3.05) is 5.32 Å². The number of anilines is 1. The van der Waals surface area contributed by atoms with Crippen LogP contribution < -0.4 is 5.32 Å². The summed E-state index contributed by atoms with van der Waals surface area (Å²) in [6, 6.07) is 2.28. The number of nitrogens with zero attached hydrogens (tertiary/aromatic N) is 1. The minimum Gasteiger partial charge on any atom is -0.481 e. The highest BCUT2D eigenvalue weighted by Gasteiger charge is 2.38. The van der Waals surface area contributed by atoms with Gasteiger partial charge in [0, 0.05) is 4.88 Å². The van der Waals surface area contributed by atoms with E-state index in [9.17, 15) is 20.0 Å². The van der Waals surface area contributed by atoms with Crippen LogP contribution in [0.1, 0.15) is 68.9 Å². The Morgan fingerprint density at radius 1 is 1.21 bits per heavy atom. The first-order chi connectivity index (χ1) is 13.3. The molecule has 150 valence electrons. The molecule has 2 N–H and O–H groups in total. The molecule has 2 aliphatic carbocycles. The Balaban J connectivity index is 1.83. The normalized spacial score (nSPS) is 24.4. The van der Waals surface area contributed by atoms with Crippen molar-refractivity contribution in [2.24, 2.45) is 17.8 Å². The second-order valence-corrected chi connectivity index (χ2v) is 9.33. The van der Waals surface area contributed by atoms with Crippen LogP contribution in [-0.4, -0.2) is 17.0 Å². The average Bonchev–Trinajstić information content (AvgIpc) is 2.99. The number of rotatable bonds is 5. The lowest BCUT2D eigenvalue weighted by atomic mass is 9.76. The first-order valence-corrected chi connectivity index (χ1v) is 10.9. The maximum Gasteiger partial charge on any atom is 0.307 e. The second-order valence-electron chi connectivity index (χ2n) is 8.23. The van der Waals surface area contributed by atoms with E-state index in [4.69, 9.17) is 0 Å². The van der Waals surface area contributed by atoms with Crippen molar-refractivity contribution < 1.29 is 14.7 Å². The lowest BCUT2D eigenvalue weighted by molar-refractivity contribution is -0.146. The number of nitrogens with one attached hydrogen (secondary N) is 1. The molecule has 28 heavy (non-hydrogen) atoms. The third-order valence-corrected chi connectivity index (χ3v) is 7.50. The van der Waals surface area contributed by atoms with Gasteiger partial charge >= 0.3 is 5.97 Å². The molecule has 0 saturated heterocycles. The summed E-state index contributed by atoms with van der Waals surface area (Å²) in [4.78, 5) is 25.9. The summed E-state index contributed by atoms with van der Waals surface area (Å²) in [6.07, 6.45) is 6.16. The summed E-state index contributed by atoms with van der Waals surface area (Å²) < 4.78 is 0. The zero-order valence-electron chi connectivity index (χ0n) is 16.8. The van der Waals surface area contributed by atoms with Crippen molar-refractivity contribution in [3.8, 4) is 6.07 Å². The first-order valence-electron chi connectivity index (χ1n) is 10.1. The Kier molecular flexibility index (Phi) is 6.24. The number of nitriles is 1. The van der Waals surface area contributed by atoms with Gasteiger partial charge in [-0.2, -0.15) is 5.26 Å². The van der Waals surface area contributed by atoms with Crippen LogP contribution in [-0.2, 0) is 22.4 Å². The van der Waals surface area contributed by atoms with Gasteiger partial charge in [-0.15, -0.1) is 11.3 Å². The summed E-state index contributed by atoms with van der Waals surface area (Å²) >= 11 is 1.51. The lowest BCUT2D eigenvalue weighted by Gasteiger charge is -2.29. The van der Waals surface area contributed by atoms with Gasteiger partial charge in [-0.3, -0.25) is 9.59 Å². The number of aliphatic carboxylic acids is 1. The van der Waals surface area contributed by atoms with Crippen molar-refractivity contribution in [3.63, 3.8) is 0 Å². The van der Waals surface area contributed by atoms with Gasteiger partial charge in [0.15, 0.2) is 0 Å². The number of thiophene rings is 1. The van der Waals surface area contributed by atoms with Gasteiger partial charge in [0.05, 0.1) is 17.4 Å². The molecule has 6 heteroatoms. The monoisotopic (exact) mass is 400 g/mol. The third-order valence-electron chi connectivity index (χ3n) is 6.33. The molecule has 1 amide bonds. The maximum atomic E-state index is 13.0. The molecule has 0 bridgehead atoms. The second kappa shape index (κ2) is 8.48. The molecule has 1 aromatic rings. The Labute approximate surface area is 170 Å². The number of carboxylic acids is 1. The minimum absolute atomic E-state index is 0.278. The number of hydrogen-bond donors (Lipinski definition) is 2. The molecular weight excluding hydrogens is 372 g/mol. The Bertz CT molecular complexity index is 862. The summed E-state index contributed by atoms with van der Waals surface area (Å²) in [5, 5.41) is 22.8. The van der Waals surface area contributed by atoms with Crippen LogP contribution >= 0.6 is 11.3 Å². The Morgan fingerprint density at radius 2 is 1.89 bits per heavy atom. The molecular formula is C22H28N2O3S. The number of amides is 1. The van der Waals surface area contributed by atoms with E-state index < -0.39 is 17.8 Å². The van der Waals surface area contributed by atoms with E-state index in [-0.39, 0.29) is 5.91 Å². The molecule has 1 aromatic heterocycles. The van der Waals surface area contributed by atoms with Crippen LogP contribution in [0.4, 0.5) is 5.00 Å². The summed E-state index contributed by atoms with van der Waals surface area (Å²) in [5.41, 5.74) is 3.81. The minimum atomic E-state index is -0.930. The molecule has 3 rings (SSSR count). The van der Waals surface area contributed by atoms with E-state index in [1.165, 1.54) is 22.6 Å². The molecule has 2 aliphatic rings. The van der Waals surface area contributed by atoms with Gasteiger partial charge in [0.25, 0.3) is 0 Å². The fraction of sp³-hybridized carbons (Fsp3) is 0.591. The molecule has 0 aliphatic heterocycles. The highest BCUT2D eigenvalue weighted by molar-refractivity contribution is 7.16. The van der Waals surface area contributed by atoms with Crippen LogP contribution in [0.2, 0.25) is 0 Å². The van der Waals surface area contributed by atoms with Gasteiger partial charge < -0.3 is 10.4 Å². The summed E-state index contributed by atoms with van der Waals surface area (Å²) in [7, 11) is 0. The highest BCUT2D eigenvalue weighted by Crippen LogP contribution is 2.41. The quantitative estimate of drug-likeness (QED) is 0.687.